The minimum Gasteiger partial charge on any atom is -0.423 e. The lowest BCUT2D eigenvalue weighted by Gasteiger charge is -2.20. The lowest BCUT2D eigenvalue weighted by Crippen LogP contribution is -2.21. The molecule has 0 fully saturated rings. The lowest BCUT2D eigenvalue weighted by atomic mass is 10.2. The lowest BCUT2D eigenvalue weighted by molar-refractivity contribution is 0.588. The van der Waals surface area contributed by atoms with Crippen LogP contribution in [0.1, 0.15) is 12.0 Å². The van der Waals surface area contributed by atoms with E-state index in [4.69, 9.17) is 10.2 Å². The van der Waals surface area contributed by atoms with E-state index >= 15 is 0 Å². The van der Waals surface area contributed by atoms with Crippen LogP contribution in [0.15, 0.2) is 52.9 Å². The van der Waals surface area contributed by atoms with E-state index in [0.717, 1.165) is 29.8 Å². The third kappa shape index (κ3) is 2.90. The molecule has 21 heavy (non-hydrogen) atoms. The van der Waals surface area contributed by atoms with Crippen molar-refractivity contribution in [3.63, 3.8) is 0 Å². The Morgan fingerprint density at radius 2 is 1.86 bits per heavy atom. The van der Waals surface area contributed by atoms with Crippen LogP contribution in [-0.2, 0) is 0 Å². The molecule has 0 radical (unpaired) electrons. The van der Waals surface area contributed by atoms with Crippen LogP contribution in [0.25, 0.3) is 11.1 Å². The third-order valence-corrected chi connectivity index (χ3v) is 3.44. The number of hydrogen-bond donors (Lipinski definition) is 1. The van der Waals surface area contributed by atoms with Gasteiger partial charge >= 0.3 is 6.01 Å². The van der Waals surface area contributed by atoms with Gasteiger partial charge in [0.1, 0.15) is 5.52 Å². The maximum atomic E-state index is 5.89. The molecule has 0 bridgehead atoms. The summed E-state index contributed by atoms with van der Waals surface area (Å²) in [6.45, 7) is 3.50. The highest BCUT2D eigenvalue weighted by Gasteiger charge is 2.15. The number of oxazole rings is 1. The summed E-state index contributed by atoms with van der Waals surface area (Å²) < 4.78 is 5.89. The van der Waals surface area contributed by atoms with Crippen molar-refractivity contribution in [2.75, 3.05) is 18.0 Å². The predicted molar refractivity (Wildman–Crippen MR) is 85.9 cm³/mol. The second kappa shape index (κ2) is 5.97. The molecule has 0 aliphatic rings. The van der Waals surface area contributed by atoms with E-state index in [0.29, 0.717) is 12.6 Å². The van der Waals surface area contributed by atoms with E-state index in [-0.39, 0.29) is 0 Å². The number of anilines is 2. The van der Waals surface area contributed by atoms with Crippen molar-refractivity contribution >= 4 is 22.8 Å². The third-order valence-electron chi connectivity index (χ3n) is 3.44. The van der Waals surface area contributed by atoms with Crippen molar-refractivity contribution in [1.82, 2.24) is 4.98 Å². The number of nitrogens with zero attached hydrogens (tertiary/aromatic N) is 2. The van der Waals surface area contributed by atoms with Gasteiger partial charge in [-0.2, -0.15) is 4.98 Å². The van der Waals surface area contributed by atoms with Gasteiger partial charge in [0.25, 0.3) is 0 Å². The molecule has 4 nitrogen and oxygen atoms in total. The molecule has 0 amide bonds. The molecular formula is C17H19N3O. The quantitative estimate of drug-likeness (QED) is 0.776. The van der Waals surface area contributed by atoms with Gasteiger partial charge in [0.05, 0.1) is 0 Å². The summed E-state index contributed by atoms with van der Waals surface area (Å²) in [6.07, 6.45) is 0.882. The number of rotatable bonds is 5. The first-order chi connectivity index (χ1) is 10.3. The molecule has 2 aromatic carbocycles. The molecule has 1 aromatic heterocycles. The Morgan fingerprint density at radius 1 is 1.10 bits per heavy atom. The second-order valence-corrected chi connectivity index (χ2v) is 5.09. The highest BCUT2D eigenvalue weighted by molar-refractivity contribution is 5.75. The van der Waals surface area contributed by atoms with Crippen molar-refractivity contribution in [3.8, 4) is 0 Å². The zero-order chi connectivity index (χ0) is 14.7. The number of fused-ring (bicyclic) bond motifs is 1. The molecule has 0 aliphatic carbocycles. The SMILES string of the molecule is Cc1ccc(N(CCCN)c2nc3ccccc3o2)cc1. The fourth-order valence-electron chi connectivity index (χ4n) is 2.28. The number of hydrogen-bond acceptors (Lipinski definition) is 4. The normalized spacial score (nSPS) is 11.0. The number of aryl methyl sites for hydroxylation is 1. The fraction of sp³-hybridized carbons (Fsp3) is 0.235. The number of para-hydroxylation sites is 2. The van der Waals surface area contributed by atoms with Crippen LogP contribution in [0.3, 0.4) is 0 Å². The van der Waals surface area contributed by atoms with Gasteiger partial charge in [0.2, 0.25) is 0 Å². The van der Waals surface area contributed by atoms with Gasteiger partial charge in [0, 0.05) is 12.2 Å². The molecule has 0 atom stereocenters. The van der Waals surface area contributed by atoms with Gasteiger partial charge in [-0.1, -0.05) is 29.8 Å². The molecule has 2 N–H and O–H groups in total. The minimum atomic E-state index is 0.619. The first kappa shape index (κ1) is 13.6. The van der Waals surface area contributed by atoms with E-state index < -0.39 is 0 Å². The standard InChI is InChI=1S/C17H19N3O/c1-13-7-9-14(10-8-13)20(12-4-11-18)17-19-15-5-2-3-6-16(15)21-17/h2-3,5-10H,4,11-12,18H2,1H3. The molecule has 0 saturated carbocycles. The van der Waals surface area contributed by atoms with Gasteiger partial charge in [-0.05, 0) is 44.2 Å². The maximum Gasteiger partial charge on any atom is 0.302 e. The zero-order valence-corrected chi connectivity index (χ0v) is 12.1. The summed E-state index contributed by atoms with van der Waals surface area (Å²) in [5, 5.41) is 0. The number of aromatic nitrogens is 1. The monoisotopic (exact) mass is 281 g/mol. The summed E-state index contributed by atoms with van der Waals surface area (Å²) in [5.74, 6) is 0. The smallest absolute Gasteiger partial charge is 0.302 e. The Labute approximate surface area is 124 Å². The van der Waals surface area contributed by atoms with Crippen LogP contribution in [-0.4, -0.2) is 18.1 Å². The summed E-state index contributed by atoms with van der Waals surface area (Å²) in [5.41, 5.74) is 9.63. The minimum absolute atomic E-state index is 0.619. The molecule has 0 unspecified atom stereocenters. The van der Waals surface area contributed by atoms with E-state index in [2.05, 4.69) is 41.1 Å². The Balaban J connectivity index is 1.99. The Kier molecular flexibility index (Phi) is 3.88. The van der Waals surface area contributed by atoms with E-state index in [9.17, 15) is 0 Å². The molecular weight excluding hydrogens is 262 g/mol. The van der Waals surface area contributed by atoms with Crippen LogP contribution in [0.2, 0.25) is 0 Å². The Bertz CT molecular complexity index is 685. The van der Waals surface area contributed by atoms with Crippen molar-refractivity contribution in [2.24, 2.45) is 5.73 Å². The van der Waals surface area contributed by atoms with E-state index in [1.54, 1.807) is 0 Å². The Morgan fingerprint density at radius 3 is 2.57 bits per heavy atom. The summed E-state index contributed by atoms with van der Waals surface area (Å²) >= 11 is 0. The van der Waals surface area contributed by atoms with Crippen molar-refractivity contribution in [2.45, 2.75) is 13.3 Å². The molecule has 0 spiro atoms. The first-order valence-electron chi connectivity index (χ1n) is 7.18. The van der Waals surface area contributed by atoms with Crippen LogP contribution < -0.4 is 10.6 Å². The topological polar surface area (TPSA) is 55.3 Å². The van der Waals surface area contributed by atoms with Gasteiger partial charge in [-0.3, -0.25) is 4.90 Å². The van der Waals surface area contributed by atoms with Crippen LogP contribution in [0.5, 0.6) is 0 Å². The zero-order valence-electron chi connectivity index (χ0n) is 12.1. The van der Waals surface area contributed by atoms with Gasteiger partial charge < -0.3 is 10.2 Å². The Hall–Kier alpha value is -2.33. The molecule has 3 rings (SSSR count). The van der Waals surface area contributed by atoms with E-state index in [1.807, 2.05) is 24.3 Å². The molecule has 3 aromatic rings. The molecule has 0 aliphatic heterocycles. The predicted octanol–water partition coefficient (Wildman–Crippen LogP) is 3.62. The number of nitrogens with two attached hydrogens (primary N) is 1. The molecule has 108 valence electrons. The molecule has 0 saturated heterocycles. The average Bonchev–Trinajstić information content (AvgIpc) is 2.93. The van der Waals surface area contributed by atoms with E-state index in [1.165, 1.54) is 5.56 Å². The van der Waals surface area contributed by atoms with Gasteiger partial charge in [-0.25, -0.2) is 0 Å². The van der Waals surface area contributed by atoms with Crippen LogP contribution >= 0.6 is 0 Å². The molecule has 1 heterocycles. The fourth-order valence-corrected chi connectivity index (χ4v) is 2.28. The van der Waals surface area contributed by atoms with Crippen LogP contribution in [0, 0.1) is 6.92 Å². The van der Waals surface area contributed by atoms with Crippen molar-refractivity contribution in [3.05, 3.63) is 54.1 Å². The average molecular weight is 281 g/mol. The molecule has 4 heteroatoms. The maximum absolute atomic E-state index is 5.89. The first-order valence-corrected chi connectivity index (χ1v) is 7.18. The highest BCUT2D eigenvalue weighted by atomic mass is 16.4. The van der Waals surface area contributed by atoms with Crippen LogP contribution in [0.4, 0.5) is 11.7 Å². The number of benzene rings is 2. The summed E-state index contributed by atoms with van der Waals surface area (Å²) in [6, 6.07) is 16.8. The summed E-state index contributed by atoms with van der Waals surface area (Å²) in [4.78, 5) is 6.66. The summed E-state index contributed by atoms with van der Waals surface area (Å²) in [7, 11) is 0. The second-order valence-electron chi connectivity index (χ2n) is 5.09. The van der Waals surface area contributed by atoms with Gasteiger partial charge in [-0.15, -0.1) is 0 Å². The largest absolute Gasteiger partial charge is 0.423 e. The van der Waals surface area contributed by atoms with Gasteiger partial charge in [0.15, 0.2) is 5.58 Å². The highest BCUT2D eigenvalue weighted by Crippen LogP contribution is 2.28. The van der Waals surface area contributed by atoms with Crippen molar-refractivity contribution < 1.29 is 4.42 Å². The van der Waals surface area contributed by atoms with Crippen molar-refractivity contribution in [1.29, 1.82) is 0 Å².